The molecule has 1 aromatic heterocycles. The van der Waals surface area contributed by atoms with Crippen LogP contribution in [0.4, 0.5) is 10.1 Å². The molecule has 29 heavy (non-hydrogen) atoms. The molecule has 0 atom stereocenters. The molecular formula is C21H17FN4O3. The van der Waals surface area contributed by atoms with Gasteiger partial charge in [0.25, 0.3) is 17.6 Å². The molecule has 0 aliphatic carbocycles. The van der Waals surface area contributed by atoms with E-state index in [1.54, 1.807) is 6.07 Å². The van der Waals surface area contributed by atoms with Crippen molar-refractivity contribution in [3.63, 3.8) is 0 Å². The van der Waals surface area contributed by atoms with Crippen LogP contribution in [0.1, 0.15) is 32.0 Å². The lowest BCUT2D eigenvalue weighted by Gasteiger charge is -2.10. The van der Waals surface area contributed by atoms with E-state index in [9.17, 15) is 18.8 Å². The SMILES string of the molecule is C#CCNC(=O)C(=O)c1cn(CC=C)c(C(=O)Nc2ccc(F)c(C#N)c2)c1C. The Morgan fingerprint density at radius 2 is 2.10 bits per heavy atom. The zero-order chi connectivity index (χ0) is 21.6. The first-order valence-corrected chi connectivity index (χ1v) is 8.41. The van der Waals surface area contributed by atoms with Crippen LogP contribution in [-0.4, -0.2) is 28.7 Å². The molecule has 0 fully saturated rings. The van der Waals surface area contributed by atoms with E-state index in [0.29, 0.717) is 0 Å². The monoisotopic (exact) mass is 392 g/mol. The van der Waals surface area contributed by atoms with Gasteiger partial charge in [-0.3, -0.25) is 14.4 Å². The molecule has 2 aromatic rings. The molecule has 2 amide bonds. The molecule has 0 bridgehead atoms. The number of nitrogens with one attached hydrogen (secondary N) is 2. The smallest absolute Gasteiger partial charge is 0.293 e. The van der Waals surface area contributed by atoms with Crippen LogP contribution in [0.5, 0.6) is 0 Å². The molecule has 1 aromatic carbocycles. The number of Topliss-reactive ketones (excluding diaryl/α,β-unsaturated/α-hetero) is 1. The Labute approximate surface area is 166 Å². The third-order valence-corrected chi connectivity index (χ3v) is 4.02. The van der Waals surface area contributed by atoms with Crippen LogP contribution in [-0.2, 0) is 11.3 Å². The Hall–Kier alpha value is -4.17. The minimum Gasteiger partial charge on any atom is -0.339 e. The quantitative estimate of drug-likeness (QED) is 0.326. The lowest BCUT2D eigenvalue weighted by atomic mass is 10.1. The Kier molecular flexibility index (Phi) is 6.67. The number of aromatic nitrogens is 1. The Bertz CT molecular complexity index is 1090. The fourth-order valence-corrected chi connectivity index (χ4v) is 2.69. The third kappa shape index (κ3) is 4.57. The maximum absolute atomic E-state index is 13.5. The maximum Gasteiger partial charge on any atom is 0.293 e. The van der Waals surface area contributed by atoms with Crippen molar-refractivity contribution in [2.24, 2.45) is 0 Å². The average molecular weight is 392 g/mol. The molecular weight excluding hydrogens is 375 g/mol. The van der Waals surface area contributed by atoms with Crippen molar-refractivity contribution in [1.82, 2.24) is 9.88 Å². The van der Waals surface area contributed by atoms with Gasteiger partial charge in [0.05, 0.1) is 12.1 Å². The van der Waals surface area contributed by atoms with Gasteiger partial charge < -0.3 is 15.2 Å². The second kappa shape index (κ2) is 9.16. The summed E-state index contributed by atoms with van der Waals surface area (Å²) in [5.74, 6) is -0.815. The highest BCUT2D eigenvalue weighted by Gasteiger charge is 2.26. The largest absolute Gasteiger partial charge is 0.339 e. The van der Waals surface area contributed by atoms with Crippen molar-refractivity contribution in [3.05, 3.63) is 65.3 Å². The first-order valence-electron chi connectivity index (χ1n) is 8.41. The lowest BCUT2D eigenvalue weighted by molar-refractivity contribution is -0.116. The number of allylic oxidation sites excluding steroid dienone is 1. The number of halogens is 1. The predicted octanol–water partition coefficient (Wildman–Crippen LogP) is 2.18. The summed E-state index contributed by atoms with van der Waals surface area (Å²) in [5, 5.41) is 13.8. The van der Waals surface area contributed by atoms with Crippen molar-refractivity contribution >= 4 is 23.3 Å². The van der Waals surface area contributed by atoms with Gasteiger partial charge in [-0.2, -0.15) is 5.26 Å². The summed E-state index contributed by atoms with van der Waals surface area (Å²) in [5.41, 5.74) is 0.442. The molecule has 1 heterocycles. The Morgan fingerprint density at radius 1 is 1.38 bits per heavy atom. The predicted molar refractivity (Wildman–Crippen MR) is 105 cm³/mol. The van der Waals surface area contributed by atoms with Crippen LogP contribution in [0, 0.1) is 36.4 Å². The van der Waals surface area contributed by atoms with Gasteiger partial charge >= 0.3 is 0 Å². The Balaban J connectivity index is 2.40. The zero-order valence-corrected chi connectivity index (χ0v) is 15.6. The highest BCUT2D eigenvalue weighted by molar-refractivity contribution is 6.43. The summed E-state index contributed by atoms with van der Waals surface area (Å²) >= 11 is 0. The molecule has 2 rings (SSSR count). The number of ketones is 1. The van der Waals surface area contributed by atoms with Gasteiger partial charge in [-0.1, -0.05) is 12.0 Å². The van der Waals surface area contributed by atoms with Crippen LogP contribution in [0.15, 0.2) is 37.1 Å². The van der Waals surface area contributed by atoms with E-state index >= 15 is 0 Å². The molecule has 0 saturated carbocycles. The van der Waals surface area contributed by atoms with E-state index in [-0.39, 0.29) is 41.2 Å². The lowest BCUT2D eigenvalue weighted by Crippen LogP contribution is -2.31. The summed E-state index contributed by atoms with van der Waals surface area (Å²) < 4.78 is 14.9. The number of hydrogen-bond acceptors (Lipinski definition) is 4. The molecule has 146 valence electrons. The molecule has 2 N–H and O–H groups in total. The molecule has 7 nitrogen and oxygen atoms in total. The number of nitrogens with zero attached hydrogens (tertiary/aromatic N) is 2. The summed E-state index contributed by atoms with van der Waals surface area (Å²) in [6, 6.07) is 5.26. The average Bonchev–Trinajstić information content (AvgIpc) is 3.03. The molecule has 0 spiro atoms. The van der Waals surface area contributed by atoms with E-state index in [1.165, 1.54) is 35.9 Å². The normalized spacial score (nSPS) is 9.79. The van der Waals surface area contributed by atoms with E-state index in [0.717, 1.165) is 6.07 Å². The van der Waals surface area contributed by atoms with Gasteiger partial charge in [0.15, 0.2) is 0 Å². The number of carbonyl (C=O) groups is 3. The van der Waals surface area contributed by atoms with Gasteiger partial charge in [0, 0.05) is 24.0 Å². The Morgan fingerprint density at radius 3 is 2.72 bits per heavy atom. The molecule has 0 saturated heterocycles. The van der Waals surface area contributed by atoms with Crippen molar-refractivity contribution < 1.29 is 18.8 Å². The van der Waals surface area contributed by atoms with Crippen molar-refractivity contribution in [3.8, 4) is 18.4 Å². The maximum atomic E-state index is 13.5. The summed E-state index contributed by atoms with van der Waals surface area (Å²) in [7, 11) is 0. The second-order valence-corrected chi connectivity index (χ2v) is 5.93. The van der Waals surface area contributed by atoms with Crippen molar-refractivity contribution in [2.75, 3.05) is 11.9 Å². The van der Waals surface area contributed by atoms with Crippen molar-refractivity contribution in [1.29, 1.82) is 5.26 Å². The summed E-state index contributed by atoms with van der Waals surface area (Å²) in [4.78, 5) is 37.2. The van der Waals surface area contributed by atoms with Crippen LogP contribution in [0.3, 0.4) is 0 Å². The van der Waals surface area contributed by atoms with Crippen LogP contribution >= 0.6 is 0 Å². The number of carbonyl (C=O) groups excluding carboxylic acids is 3. The van der Waals surface area contributed by atoms with E-state index in [4.69, 9.17) is 11.7 Å². The molecule has 8 heteroatoms. The first kappa shape index (κ1) is 21.1. The second-order valence-electron chi connectivity index (χ2n) is 5.93. The van der Waals surface area contributed by atoms with E-state index in [2.05, 4.69) is 23.1 Å². The number of nitriles is 1. The first-order chi connectivity index (χ1) is 13.8. The molecule has 0 aliphatic rings. The number of hydrogen-bond donors (Lipinski definition) is 2. The van der Waals surface area contributed by atoms with Gasteiger partial charge in [-0.05, 0) is 30.7 Å². The molecule has 0 radical (unpaired) electrons. The summed E-state index contributed by atoms with van der Waals surface area (Å²) in [6.07, 6.45) is 7.98. The van der Waals surface area contributed by atoms with Gasteiger partial charge in [-0.25, -0.2) is 4.39 Å². The van der Waals surface area contributed by atoms with Gasteiger partial charge in [-0.15, -0.1) is 13.0 Å². The summed E-state index contributed by atoms with van der Waals surface area (Å²) in [6.45, 7) is 5.25. The minimum atomic E-state index is -0.883. The molecule has 0 aliphatic heterocycles. The zero-order valence-electron chi connectivity index (χ0n) is 15.6. The fourth-order valence-electron chi connectivity index (χ4n) is 2.69. The van der Waals surface area contributed by atoms with Gasteiger partial charge in [0.1, 0.15) is 17.6 Å². The third-order valence-electron chi connectivity index (χ3n) is 4.02. The van der Waals surface area contributed by atoms with Crippen LogP contribution in [0.2, 0.25) is 0 Å². The highest BCUT2D eigenvalue weighted by atomic mass is 19.1. The fraction of sp³-hybridized carbons (Fsp3) is 0.143. The van der Waals surface area contributed by atoms with Gasteiger partial charge in [0.2, 0.25) is 0 Å². The van der Waals surface area contributed by atoms with E-state index in [1.807, 2.05) is 0 Å². The minimum absolute atomic E-state index is 0.0448. The number of anilines is 1. The highest BCUT2D eigenvalue weighted by Crippen LogP contribution is 2.21. The van der Waals surface area contributed by atoms with Crippen molar-refractivity contribution in [2.45, 2.75) is 13.5 Å². The van der Waals surface area contributed by atoms with Crippen LogP contribution < -0.4 is 10.6 Å². The molecule has 0 unspecified atom stereocenters. The standard InChI is InChI=1S/C21H17FN4O3/c1-4-8-24-21(29)19(27)16-12-26(9-5-2)18(13(16)3)20(28)25-15-6-7-17(22)14(10-15)11-23/h1,5-7,10,12H,2,8-9H2,3H3,(H,24,29)(H,25,28). The number of benzene rings is 1. The number of terminal acetylenes is 1. The number of amides is 2. The van der Waals surface area contributed by atoms with Crippen LogP contribution in [0.25, 0.3) is 0 Å². The van der Waals surface area contributed by atoms with E-state index < -0.39 is 23.4 Å². The number of rotatable bonds is 7. The topological polar surface area (TPSA) is 104 Å².